The Morgan fingerprint density at radius 2 is 1.73 bits per heavy atom. The smallest absolute Gasteiger partial charge is 0.238 e. The molecular weight excluding hydrogens is 282 g/mol. The maximum absolute atomic E-state index is 12.1. The Balaban J connectivity index is 1.95. The predicted octanol–water partition coefficient (Wildman–Crippen LogP) is 2.29. The lowest BCUT2D eigenvalue weighted by atomic mass is 9.96. The summed E-state index contributed by atoms with van der Waals surface area (Å²) in [6.45, 7) is 1.41. The molecular formula is C16H19N3O3. The average molecular weight is 301 g/mol. The van der Waals surface area contributed by atoms with Crippen molar-refractivity contribution in [1.82, 2.24) is 0 Å². The van der Waals surface area contributed by atoms with Crippen molar-refractivity contribution in [1.29, 1.82) is 5.26 Å². The minimum atomic E-state index is -0.395. The summed E-state index contributed by atoms with van der Waals surface area (Å²) in [6.07, 6.45) is 2.02. The van der Waals surface area contributed by atoms with Gasteiger partial charge in [0, 0.05) is 19.6 Å². The van der Waals surface area contributed by atoms with Crippen LogP contribution in [-0.2, 0) is 14.3 Å². The highest BCUT2D eigenvalue weighted by Gasteiger charge is 2.18. The molecule has 0 spiro atoms. The Morgan fingerprint density at radius 3 is 2.32 bits per heavy atom. The van der Waals surface area contributed by atoms with E-state index in [2.05, 4.69) is 10.6 Å². The Labute approximate surface area is 129 Å². The first kappa shape index (κ1) is 16.0. The van der Waals surface area contributed by atoms with E-state index in [-0.39, 0.29) is 12.3 Å². The number of rotatable bonds is 5. The van der Waals surface area contributed by atoms with Gasteiger partial charge in [0.15, 0.2) is 0 Å². The van der Waals surface area contributed by atoms with E-state index >= 15 is 0 Å². The van der Waals surface area contributed by atoms with Crippen LogP contribution in [0.3, 0.4) is 0 Å². The third-order valence-electron chi connectivity index (χ3n) is 3.53. The molecule has 0 saturated carbocycles. The van der Waals surface area contributed by atoms with Crippen LogP contribution in [0.4, 0.5) is 11.4 Å². The number of carbonyl (C=O) groups excluding carboxylic acids is 2. The average Bonchev–Trinajstić information content (AvgIpc) is 2.50. The number of ether oxygens (including phenoxy) is 1. The van der Waals surface area contributed by atoms with Crippen LogP contribution in [0, 0.1) is 17.2 Å². The molecule has 1 fully saturated rings. The fourth-order valence-electron chi connectivity index (χ4n) is 2.38. The zero-order valence-electron chi connectivity index (χ0n) is 12.3. The van der Waals surface area contributed by atoms with E-state index in [1.165, 1.54) is 0 Å². The number of para-hydroxylation sites is 2. The summed E-state index contributed by atoms with van der Waals surface area (Å²) in [5.74, 6) is -0.128. The predicted molar refractivity (Wildman–Crippen MR) is 82.1 cm³/mol. The lowest BCUT2D eigenvalue weighted by Gasteiger charge is -2.21. The Kier molecular flexibility index (Phi) is 5.92. The highest BCUT2D eigenvalue weighted by Crippen LogP contribution is 2.23. The van der Waals surface area contributed by atoms with E-state index in [0.717, 1.165) is 12.8 Å². The zero-order valence-corrected chi connectivity index (χ0v) is 12.3. The van der Waals surface area contributed by atoms with Gasteiger partial charge in [0.1, 0.15) is 6.42 Å². The second-order valence-electron chi connectivity index (χ2n) is 5.24. The van der Waals surface area contributed by atoms with Crippen molar-refractivity contribution in [2.75, 3.05) is 23.8 Å². The first-order valence-corrected chi connectivity index (χ1v) is 7.32. The maximum atomic E-state index is 12.1. The van der Waals surface area contributed by atoms with E-state index in [1.54, 1.807) is 30.3 Å². The molecule has 1 heterocycles. The van der Waals surface area contributed by atoms with Crippen LogP contribution in [0.5, 0.6) is 0 Å². The molecule has 0 aromatic heterocycles. The van der Waals surface area contributed by atoms with E-state index in [1.807, 2.05) is 0 Å². The van der Waals surface area contributed by atoms with Gasteiger partial charge in [-0.25, -0.2) is 0 Å². The van der Waals surface area contributed by atoms with Gasteiger partial charge in [-0.05, 0) is 30.9 Å². The van der Waals surface area contributed by atoms with Crippen molar-refractivity contribution in [2.45, 2.75) is 25.7 Å². The van der Waals surface area contributed by atoms with Crippen LogP contribution >= 0.6 is 0 Å². The summed E-state index contributed by atoms with van der Waals surface area (Å²) >= 11 is 0. The topological polar surface area (TPSA) is 91.2 Å². The highest BCUT2D eigenvalue weighted by molar-refractivity contribution is 6.00. The van der Waals surface area contributed by atoms with Crippen LogP contribution in [-0.4, -0.2) is 25.0 Å². The molecule has 1 aromatic carbocycles. The maximum Gasteiger partial charge on any atom is 0.238 e. The van der Waals surface area contributed by atoms with Gasteiger partial charge in [0.25, 0.3) is 0 Å². The van der Waals surface area contributed by atoms with Crippen LogP contribution in [0.1, 0.15) is 25.7 Å². The lowest BCUT2D eigenvalue weighted by molar-refractivity contribution is -0.118. The van der Waals surface area contributed by atoms with Gasteiger partial charge >= 0.3 is 0 Å². The van der Waals surface area contributed by atoms with Crippen LogP contribution in [0.2, 0.25) is 0 Å². The number of anilines is 2. The minimum absolute atomic E-state index is 0.0751. The third kappa shape index (κ3) is 4.86. The third-order valence-corrected chi connectivity index (χ3v) is 3.53. The van der Waals surface area contributed by atoms with Crippen molar-refractivity contribution < 1.29 is 14.3 Å². The molecule has 0 unspecified atom stereocenters. The van der Waals surface area contributed by atoms with E-state index in [4.69, 9.17) is 10.00 Å². The zero-order chi connectivity index (χ0) is 15.8. The van der Waals surface area contributed by atoms with Crippen LogP contribution in [0.15, 0.2) is 24.3 Å². The molecule has 1 aliphatic rings. The quantitative estimate of drug-likeness (QED) is 0.873. The SMILES string of the molecule is N#CCC(=O)Nc1ccccc1NC(=O)CC1CCOCC1. The summed E-state index contributed by atoms with van der Waals surface area (Å²) in [5.41, 5.74) is 1.05. The standard InChI is InChI=1S/C16H19N3O3/c17-8-5-15(20)18-13-3-1-2-4-14(13)19-16(21)11-12-6-9-22-10-7-12/h1-4,12H,5-7,9-11H2,(H,18,20)(H,19,21). The summed E-state index contributed by atoms with van der Waals surface area (Å²) in [6, 6.07) is 8.75. The van der Waals surface area contributed by atoms with Crippen molar-refractivity contribution in [3.63, 3.8) is 0 Å². The number of carbonyl (C=O) groups is 2. The van der Waals surface area contributed by atoms with Gasteiger partial charge in [0.05, 0.1) is 17.4 Å². The number of hydrogen-bond acceptors (Lipinski definition) is 4. The van der Waals surface area contributed by atoms with Crippen molar-refractivity contribution in [3.8, 4) is 6.07 Å². The van der Waals surface area contributed by atoms with Gasteiger partial charge in [-0.2, -0.15) is 5.26 Å². The van der Waals surface area contributed by atoms with E-state index in [0.29, 0.717) is 36.9 Å². The van der Waals surface area contributed by atoms with Gasteiger partial charge in [-0.15, -0.1) is 0 Å². The first-order valence-electron chi connectivity index (χ1n) is 7.32. The molecule has 2 rings (SSSR count). The molecule has 0 radical (unpaired) electrons. The fourth-order valence-corrected chi connectivity index (χ4v) is 2.38. The molecule has 0 atom stereocenters. The van der Waals surface area contributed by atoms with Crippen molar-refractivity contribution in [2.24, 2.45) is 5.92 Å². The largest absolute Gasteiger partial charge is 0.381 e. The van der Waals surface area contributed by atoms with Crippen LogP contribution < -0.4 is 10.6 Å². The van der Waals surface area contributed by atoms with Crippen molar-refractivity contribution >= 4 is 23.2 Å². The fraction of sp³-hybridized carbons (Fsp3) is 0.438. The summed E-state index contributed by atoms with van der Waals surface area (Å²) in [4.78, 5) is 23.6. The van der Waals surface area contributed by atoms with E-state index in [9.17, 15) is 9.59 Å². The molecule has 6 heteroatoms. The van der Waals surface area contributed by atoms with Gasteiger partial charge in [0.2, 0.25) is 11.8 Å². The number of benzene rings is 1. The molecule has 0 bridgehead atoms. The lowest BCUT2D eigenvalue weighted by Crippen LogP contribution is -2.22. The first-order chi connectivity index (χ1) is 10.7. The Hall–Kier alpha value is -2.39. The summed E-state index contributed by atoms with van der Waals surface area (Å²) < 4.78 is 5.28. The molecule has 6 nitrogen and oxygen atoms in total. The molecule has 1 saturated heterocycles. The summed E-state index contributed by atoms with van der Waals surface area (Å²) in [7, 11) is 0. The number of nitriles is 1. The van der Waals surface area contributed by atoms with Crippen molar-refractivity contribution in [3.05, 3.63) is 24.3 Å². The molecule has 0 aliphatic carbocycles. The van der Waals surface area contributed by atoms with Gasteiger partial charge < -0.3 is 15.4 Å². The number of amides is 2. The molecule has 2 N–H and O–H groups in total. The van der Waals surface area contributed by atoms with Gasteiger partial charge in [-0.1, -0.05) is 12.1 Å². The second-order valence-corrected chi connectivity index (χ2v) is 5.24. The molecule has 116 valence electrons. The molecule has 2 amide bonds. The number of hydrogen-bond donors (Lipinski definition) is 2. The van der Waals surface area contributed by atoms with Crippen LogP contribution in [0.25, 0.3) is 0 Å². The number of nitrogens with zero attached hydrogens (tertiary/aromatic N) is 1. The molecule has 22 heavy (non-hydrogen) atoms. The monoisotopic (exact) mass is 301 g/mol. The summed E-state index contributed by atoms with van der Waals surface area (Å²) in [5, 5.41) is 14.0. The number of nitrogens with one attached hydrogen (secondary N) is 2. The van der Waals surface area contributed by atoms with E-state index < -0.39 is 5.91 Å². The Morgan fingerprint density at radius 1 is 1.14 bits per heavy atom. The van der Waals surface area contributed by atoms with Gasteiger partial charge in [-0.3, -0.25) is 9.59 Å². The molecule has 1 aliphatic heterocycles. The highest BCUT2D eigenvalue weighted by atomic mass is 16.5. The minimum Gasteiger partial charge on any atom is -0.381 e. The normalized spacial score (nSPS) is 14.9. The molecule has 1 aromatic rings. The second kappa shape index (κ2) is 8.15. The Bertz CT molecular complexity index is 574.